The highest BCUT2D eigenvalue weighted by Crippen LogP contribution is 2.38. The van der Waals surface area contributed by atoms with Gasteiger partial charge in [0.2, 0.25) is 0 Å². The highest BCUT2D eigenvalue weighted by atomic mass is 19.4. The quantitative estimate of drug-likeness (QED) is 0.223. The van der Waals surface area contributed by atoms with Crippen molar-refractivity contribution < 1.29 is 37.1 Å². The summed E-state index contributed by atoms with van der Waals surface area (Å²) in [4.78, 5) is 10.8. The molecule has 0 spiro atoms. The number of hydrogen-bond donors (Lipinski definition) is 1. The largest absolute Gasteiger partial charge is 0.493 e. The van der Waals surface area contributed by atoms with Gasteiger partial charge in [0, 0.05) is 23.7 Å². The second-order valence-electron chi connectivity index (χ2n) is 8.49. The highest BCUT2D eigenvalue weighted by Gasteiger charge is 2.37. The van der Waals surface area contributed by atoms with Gasteiger partial charge in [-0.05, 0) is 56.0 Å². The third-order valence-corrected chi connectivity index (χ3v) is 5.90. The van der Waals surface area contributed by atoms with Gasteiger partial charge in [-0.15, -0.1) is 0 Å². The van der Waals surface area contributed by atoms with Crippen LogP contribution < -0.4 is 9.47 Å². The monoisotopic (exact) mass is 504 g/mol. The lowest BCUT2D eigenvalue weighted by atomic mass is 10.0. The van der Waals surface area contributed by atoms with Gasteiger partial charge < -0.3 is 23.7 Å². The van der Waals surface area contributed by atoms with E-state index in [1.54, 1.807) is 12.1 Å². The molecule has 10 heteroatoms. The standard InChI is InChI=1S/C26H27F3N2O5/c1-2-7-18-22(11-10-19-24(18)36-30-25(19)26(27,28)29)34-15-5-3-4-13-31-14-12-17-20(31)8-6-9-21(17)35-16-23(32)33/h6,8-12,14H,2-5,7,13,15-16H2,1H3,(H,32,33). The number of aliphatic carboxylic acids is 1. The Kier molecular flexibility index (Phi) is 7.71. The first-order valence-corrected chi connectivity index (χ1v) is 11.8. The normalized spacial score (nSPS) is 11.9. The fourth-order valence-electron chi connectivity index (χ4n) is 4.27. The Morgan fingerprint density at radius 3 is 2.64 bits per heavy atom. The van der Waals surface area contributed by atoms with E-state index in [4.69, 9.17) is 19.1 Å². The number of alkyl halides is 3. The van der Waals surface area contributed by atoms with Gasteiger partial charge in [0.25, 0.3) is 0 Å². The molecule has 0 radical (unpaired) electrons. The Morgan fingerprint density at radius 1 is 1.06 bits per heavy atom. The van der Waals surface area contributed by atoms with Gasteiger partial charge in [-0.25, -0.2) is 4.79 Å². The van der Waals surface area contributed by atoms with Crippen LogP contribution in [0.5, 0.6) is 11.5 Å². The van der Waals surface area contributed by atoms with Crippen LogP contribution in [-0.4, -0.2) is 34.0 Å². The molecule has 0 aliphatic heterocycles. The van der Waals surface area contributed by atoms with E-state index in [1.807, 2.05) is 31.3 Å². The molecule has 0 fully saturated rings. The van der Waals surface area contributed by atoms with Gasteiger partial charge in [-0.3, -0.25) is 0 Å². The summed E-state index contributed by atoms with van der Waals surface area (Å²) in [6.45, 7) is 2.76. The molecule has 0 saturated heterocycles. The number of nitrogens with zero attached hydrogens (tertiary/aromatic N) is 2. The van der Waals surface area contributed by atoms with Crippen LogP contribution in [0, 0.1) is 0 Å². The van der Waals surface area contributed by atoms with E-state index >= 15 is 0 Å². The molecule has 0 atom stereocenters. The Labute approximate surface area is 205 Å². The number of hydrogen-bond acceptors (Lipinski definition) is 5. The molecule has 7 nitrogen and oxygen atoms in total. The average Bonchev–Trinajstić information content (AvgIpc) is 3.46. The molecule has 4 aromatic rings. The molecular weight excluding hydrogens is 477 g/mol. The van der Waals surface area contributed by atoms with E-state index in [0.29, 0.717) is 30.1 Å². The van der Waals surface area contributed by atoms with Crippen molar-refractivity contribution in [2.75, 3.05) is 13.2 Å². The van der Waals surface area contributed by atoms with E-state index < -0.39 is 24.4 Å². The Bertz CT molecular complexity index is 1340. The van der Waals surface area contributed by atoms with Crippen LogP contribution in [0.15, 0.2) is 47.1 Å². The molecular formula is C26H27F3N2O5. The molecule has 2 aromatic carbocycles. The number of rotatable bonds is 12. The molecule has 2 heterocycles. The van der Waals surface area contributed by atoms with E-state index in [1.165, 1.54) is 6.07 Å². The third kappa shape index (κ3) is 5.58. The third-order valence-electron chi connectivity index (χ3n) is 5.90. The van der Waals surface area contributed by atoms with Gasteiger partial charge in [0.15, 0.2) is 17.9 Å². The second kappa shape index (κ2) is 10.9. The molecule has 4 rings (SSSR count). The van der Waals surface area contributed by atoms with Crippen molar-refractivity contribution in [3.8, 4) is 11.5 Å². The topological polar surface area (TPSA) is 86.7 Å². The maximum Gasteiger partial charge on any atom is 0.437 e. The van der Waals surface area contributed by atoms with Gasteiger partial charge in [-0.2, -0.15) is 13.2 Å². The van der Waals surface area contributed by atoms with Crippen molar-refractivity contribution in [2.45, 2.75) is 51.7 Å². The number of aromatic nitrogens is 2. The summed E-state index contributed by atoms with van der Waals surface area (Å²) in [7, 11) is 0. The molecule has 192 valence electrons. The van der Waals surface area contributed by atoms with Gasteiger partial charge in [0.05, 0.1) is 17.5 Å². The minimum atomic E-state index is -4.57. The predicted molar refractivity (Wildman–Crippen MR) is 127 cm³/mol. The number of carbonyl (C=O) groups is 1. The molecule has 0 aliphatic carbocycles. The van der Waals surface area contributed by atoms with Crippen LogP contribution in [-0.2, 0) is 23.9 Å². The number of fused-ring (bicyclic) bond motifs is 2. The first-order chi connectivity index (χ1) is 17.3. The van der Waals surface area contributed by atoms with Crippen LogP contribution in [0.25, 0.3) is 21.9 Å². The summed E-state index contributed by atoms with van der Waals surface area (Å²) in [5.41, 5.74) is 0.696. The van der Waals surface area contributed by atoms with Gasteiger partial charge in [0.1, 0.15) is 11.5 Å². The van der Waals surface area contributed by atoms with Crippen molar-refractivity contribution in [3.63, 3.8) is 0 Å². The maximum atomic E-state index is 13.2. The number of benzene rings is 2. The summed E-state index contributed by atoms with van der Waals surface area (Å²) >= 11 is 0. The molecule has 0 bridgehead atoms. The molecule has 2 aromatic heterocycles. The summed E-state index contributed by atoms with van der Waals surface area (Å²) < 4.78 is 58.0. The molecule has 36 heavy (non-hydrogen) atoms. The first-order valence-electron chi connectivity index (χ1n) is 11.8. The van der Waals surface area contributed by atoms with Crippen molar-refractivity contribution >= 4 is 27.8 Å². The minimum absolute atomic E-state index is 0.0474. The number of carboxylic acid groups (broad SMARTS) is 1. The van der Waals surface area contributed by atoms with Crippen LogP contribution in [0.2, 0.25) is 0 Å². The van der Waals surface area contributed by atoms with Crippen LogP contribution in [0.3, 0.4) is 0 Å². The number of unbranched alkanes of at least 4 members (excludes halogenated alkanes) is 2. The number of halogens is 3. The fourth-order valence-corrected chi connectivity index (χ4v) is 4.27. The van der Waals surface area contributed by atoms with E-state index in [-0.39, 0.29) is 11.0 Å². The van der Waals surface area contributed by atoms with E-state index in [2.05, 4.69) is 9.72 Å². The Hall–Kier alpha value is -3.69. The van der Waals surface area contributed by atoms with Crippen molar-refractivity contribution in [3.05, 3.63) is 53.9 Å². The van der Waals surface area contributed by atoms with Crippen molar-refractivity contribution in [1.82, 2.24) is 9.72 Å². The van der Waals surface area contributed by atoms with E-state index in [0.717, 1.165) is 43.1 Å². The summed E-state index contributed by atoms with van der Waals surface area (Å²) in [6.07, 6.45) is 1.19. The molecule has 0 unspecified atom stereocenters. The lowest BCUT2D eigenvalue weighted by molar-refractivity contribution is -0.141. The fraction of sp³-hybridized carbons (Fsp3) is 0.385. The van der Waals surface area contributed by atoms with Gasteiger partial charge in [-0.1, -0.05) is 24.6 Å². The Balaban J connectivity index is 1.32. The van der Waals surface area contributed by atoms with Gasteiger partial charge >= 0.3 is 12.1 Å². The zero-order valence-electron chi connectivity index (χ0n) is 19.8. The summed E-state index contributed by atoms with van der Waals surface area (Å²) in [5, 5.41) is 12.9. The predicted octanol–water partition coefficient (Wildman–Crippen LogP) is 6.47. The first kappa shape index (κ1) is 25.4. The average molecular weight is 505 g/mol. The Morgan fingerprint density at radius 2 is 1.89 bits per heavy atom. The van der Waals surface area contributed by atoms with E-state index in [9.17, 15) is 18.0 Å². The maximum absolute atomic E-state index is 13.2. The minimum Gasteiger partial charge on any atom is -0.493 e. The molecule has 1 N–H and O–H groups in total. The number of ether oxygens (including phenoxy) is 2. The molecule has 0 aliphatic rings. The van der Waals surface area contributed by atoms with Crippen molar-refractivity contribution in [1.29, 1.82) is 0 Å². The van der Waals surface area contributed by atoms with Crippen molar-refractivity contribution in [2.24, 2.45) is 0 Å². The van der Waals surface area contributed by atoms with Crippen LogP contribution >= 0.6 is 0 Å². The molecule has 0 saturated carbocycles. The van der Waals surface area contributed by atoms with Crippen LogP contribution in [0.4, 0.5) is 13.2 Å². The summed E-state index contributed by atoms with van der Waals surface area (Å²) in [5.74, 6) is 0.0396. The highest BCUT2D eigenvalue weighted by molar-refractivity contribution is 5.87. The summed E-state index contributed by atoms with van der Waals surface area (Å²) in [6, 6.07) is 10.4. The zero-order valence-corrected chi connectivity index (χ0v) is 19.8. The SMILES string of the molecule is CCCc1c(OCCCCCn2ccc3c(OCC(=O)O)cccc32)ccc2c(C(F)(F)F)noc12. The molecule has 0 amide bonds. The number of carboxylic acids is 1. The van der Waals surface area contributed by atoms with Crippen LogP contribution in [0.1, 0.15) is 43.9 Å². The lowest BCUT2D eigenvalue weighted by Gasteiger charge is -2.12. The lowest BCUT2D eigenvalue weighted by Crippen LogP contribution is -2.09. The second-order valence-corrected chi connectivity index (χ2v) is 8.49. The number of aryl methyl sites for hydroxylation is 2. The zero-order chi connectivity index (χ0) is 25.7. The smallest absolute Gasteiger partial charge is 0.437 e.